The molecule has 0 saturated heterocycles. The normalized spacial score (nSPS) is 11.2. The van der Waals surface area contributed by atoms with E-state index >= 15 is 0 Å². The fraction of sp³-hybridized carbons (Fsp3) is 0.100. The number of halogens is 1. The first-order valence-corrected chi connectivity index (χ1v) is 8.93. The van der Waals surface area contributed by atoms with Crippen LogP contribution in [0.15, 0.2) is 63.8 Å². The first-order valence-electron chi connectivity index (χ1n) is 8.11. The standard InChI is InChI=1S/C20H14FNO3S/c1-2-22(13-9-7-12(21)8-10-13)19(23)17-11-15-18(26-17)14-5-3-4-6-16(14)25-20(15)24/h3-11H,2H2,1H3. The zero-order valence-corrected chi connectivity index (χ0v) is 14.7. The van der Waals surface area contributed by atoms with Gasteiger partial charge in [0.2, 0.25) is 0 Å². The lowest BCUT2D eigenvalue weighted by molar-refractivity contribution is 0.0992. The Kier molecular flexibility index (Phi) is 4.05. The lowest BCUT2D eigenvalue weighted by atomic mass is 10.2. The van der Waals surface area contributed by atoms with Gasteiger partial charge in [-0.2, -0.15) is 0 Å². The van der Waals surface area contributed by atoms with Crippen LogP contribution in [0.2, 0.25) is 0 Å². The zero-order chi connectivity index (χ0) is 18.3. The molecule has 26 heavy (non-hydrogen) atoms. The summed E-state index contributed by atoms with van der Waals surface area (Å²) in [5, 5.41) is 1.20. The average Bonchev–Trinajstić information content (AvgIpc) is 3.10. The Morgan fingerprint density at radius 2 is 1.85 bits per heavy atom. The van der Waals surface area contributed by atoms with Gasteiger partial charge in [-0.05, 0) is 49.4 Å². The van der Waals surface area contributed by atoms with Crippen LogP contribution in [0.25, 0.3) is 21.1 Å². The number of thiophene rings is 1. The minimum absolute atomic E-state index is 0.233. The van der Waals surface area contributed by atoms with E-state index in [0.717, 1.165) is 10.1 Å². The smallest absolute Gasteiger partial charge is 0.345 e. The molecule has 6 heteroatoms. The van der Waals surface area contributed by atoms with E-state index in [2.05, 4.69) is 0 Å². The Bertz CT molecular complexity index is 1180. The SMILES string of the molecule is CCN(C(=O)c1cc2c(=O)oc3ccccc3c2s1)c1ccc(F)cc1. The van der Waals surface area contributed by atoms with Crippen LogP contribution >= 0.6 is 11.3 Å². The number of nitrogens with zero attached hydrogens (tertiary/aromatic N) is 1. The largest absolute Gasteiger partial charge is 0.422 e. The summed E-state index contributed by atoms with van der Waals surface area (Å²) in [6.45, 7) is 2.27. The topological polar surface area (TPSA) is 50.5 Å². The molecule has 0 fully saturated rings. The number of para-hydroxylation sites is 1. The summed E-state index contributed by atoms with van der Waals surface area (Å²) >= 11 is 1.27. The summed E-state index contributed by atoms with van der Waals surface area (Å²) in [6.07, 6.45) is 0. The second-order valence-corrected chi connectivity index (χ2v) is 6.82. The lowest BCUT2D eigenvalue weighted by Gasteiger charge is -2.20. The molecule has 0 unspecified atom stereocenters. The van der Waals surface area contributed by atoms with Gasteiger partial charge < -0.3 is 9.32 Å². The molecule has 0 radical (unpaired) electrons. The molecule has 2 aromatic carbocycles. The number of rotatable bonds is 3. The molecule has 2 aromatic heterocycles. The molecule has 0 aliphatic carbocycles. The van der Waals surface area contributed by atoms with Crippen LogP contribution < -0.4 is 10.5 Å². The van der Waals surface area contributed by atoms with Crippen molar-refractivity contribution in [3.63, 3.8) is 0 Å². The van der Waals surface area contributed by atoms with E-state index in [1.165, 1.54) is 23.5 Å². The van der Waals surface area contributed by atoms with Crippen LogP contribution in [-0.2, 0) is 0 Å². The molecule has 0 saturated carbocycles. The monoisotopic (exact) mass is 367 g/mol. The quantitative estimate of drug-likeness (QED) is 0.488. The Hall–Kier alpha value is -2.99. The summed E-state index contributed by atoms with van der Waals surface area (Å²) < 4.78 is 19.2. The van der Waals surface area contributed by atoms with Crippen LogP contribution in [-0.4, -0.2) is 12.5 Å². The molecule has 4 nitrogen and oxygen atoms in total. The maximum absolute atomic E-state index is 13.2. The van der Waals surface area contributed by atoms with Gasteiger partial charge in [-0.15, -0.1) is 11.3 Å². The molecular formula is C20H14FNO3S. The van der Waals surface area contributed by atoms with Crippen LogP contribution in [0.4, 0.5) is 10.1 Å². The van der Waals surface area contributed by atoms with Gasteiger partial charge in [0.15, 0.2) is 0 Å². The van der Waals surface area contributed by atoms with E-state index < -0.39 is 5.63 Å². The van der Waals surface area contributed by atoms with Crippen molar-refractivity contribution in [1.29, 1.82) is 0 Å². The van der Waals surface area contributed by atoms with Crippen molar-refractivity contribution >= 4 is 44.0 Å². The van der Waals surface area contributed by atoms with Gasteiger partial charge in [0, 0.05) is 17.6 Å². The maximum atomic E-state index is 13.2. The summed E-state index contributed by atoms with van der Waals surface area (Å²) in [5.41, 5.74) is 0.642. The van der Waals surface area contributed by atoms with Crippen LogP contribution in [0, 0.1) is 5.82 Å². The van der Waals surface area contributed by atoms with Gasteiger partial charge in [0.1, 0.15) is 11.4 Å². The third-order valence-electron chi connectivity index (χ3n) is 4.20. The van der Waals surface area contributed by atoms with Crippen molar-refractivity contribution in [2.45, 2.75) is 6.92 Å². The molecular weight excluding hydrogens is 353 g/mol. The van der Waals surface area contributed by atoms with Crippen LogP contribution in [0.5, 0.6) is 0 Å². The van der Waals surface area contributed by atoms with Gasteiger partial charge >= 0.3 is 5.63 Å². The van der Waals surface area contributed by atoms with Crippen molar-refractivity contribution in [3.05, 3.63) is 75.7 Å². The third-order valence-corrected chi connectivity index (χ3v) is 5.35. The Labute approximate surface area is 152 Å². The molecule has 0 N–H and O–H groups in total. The van der Waals surface area contributed by atoms with Crippen molar-refractivity contribution in [2.75, 3.05) is 11.4 Å². The fourth-order valence-electron chi connectivity index (χ4n) is 2.94. The Morgan fingerprint density at radius 3 is 2.58 bits per heavy atom. The van der Waals surface area contributed by atoms with E-state index in [1.54, 1.807) is 35.2 Å². The second-order valence-electron chi connectivity index (χ2n) is 5.76. The zero-order valence-electron chi connectivity index (χ0n) is 13.9. The van der Waals surface area contributed by atoms with Gasteiger partial charge in [-0.1, -0.05) is 12.1 Å². The number of anilines is 1. The van der Waals surface area contributed by atoms with E-state index in [1.807, 2.05) is 19.1 Å². The summed E-state index contributed by atoms with van der Waals surface area (Å²) in [5.74, 6) is -0.591. The molecule has 4 aromatic rings. The maximum Gasteiger partial charge on any atom is 0.345 e. The summed E-state index contributed by atoms with van der Waals surface area (Å²) in [6, 6.07) is 14.6. The van der Waals surface area contributed by atoms with Crippen LogP contribution in [0.1, 0.15) is 16.6 Å². The lowest BCUT2D eigenvalue weighted by Crippen LogP contribution is -2.29. The van der Waals surface area contributed by atoms with E-state index in [9.17, 15) is 14.0 Å². The van der Waals surface area contributed by atoms with Crippen molar-refractivity contribution in [2.24, 2.45) is 0 Å². The van der Waals surface area contributed by atoms with Gasteiger partial charge in [-0.25, -0.2) is 9.18 Å². The van der Waals surface area contributed by atoms with Gasteiger partial charge in [0.05, 0.1) is 15.0 Å². The average molecular weight is 367 g/mol. The fourth-order valence-corrected chi connectivity index (χ4v) is 4.07. The van der Waals surface area contributed by atoms with Gasteiger partial charge in [-0.3, -0.25) is 4.79 Å². The number of fused-ring (bicyclic) bond motifs is 3. The molecule has 0 atom stereocenters. The third kappa shape index (κ3) is 2.68. The van der Waals surface area contributed by atoms with E-state index in [-0.39, 0.29) is 11.7 Å². The highest BCUT2D eigenvalue weighted by molar-refractivity contribution is 7.21. The molecule has 2 heterocycles. The number of hydrogen-bond donors (Lipinski definition) is 0. The van der Waals surface area contributed by atoms with Gasteiger partial charge in [0.25, 0.3) is 5.91 Å². The summed E-state index contributed by atoms with van der Waals surface area (Å²) in [7, 11) is 0. The molecule has 130 valence electrons. The van der Waals surface area contributed by atoms with Crippen molar-refractivity contribution < 1.29 is 13.6 Å². The molecule has 1 amide bonds. The number of benzene rings is 2. The Balaban J connectivity index is 1.84. The number of carbonyl (C=O) groups is 1. The summed E-state index contributed by atoms with van der Waals surface area (Å²) in [4.78, 5) is 27.2. The molecule has 0 bridgehead atoms. The van der Waals surface area contributed by atoms with E-state index in [0.29, 0.717) is 28.1 Å². The molecule has 0 aliphatic rings. The molecule has 0 spiro atoms. The second kappa shape index (κ2) is 6.38. The highest BCUT2D eigenvalue weighted by Crippen LogP contribution is 2.31. The first-order chi connectivity index (χ1) is 12.6. The highest BCUT2D eigenvalue weighted by Gasteiger charge is 2.21. The molecule has 0 aliphatic heterocycles. The van der Waals surface area contributed by atoms with E-state index in [4.69, 9.17) is 4.42 Å². The number of hydrogen-bond acceptors (Lipinski definition) is 4. The van der Waals surface area contributed by atoms with Crippen LogP contribution in [0.3, 0.4) is 0 Å². The first kappa shape index (κ1) is 16.5. The van der Waals surface area contributed by atoms with Crippen molar-refractivity contribution in [3.8, 4) is 0 Å². The highest BCUT2D eigenvalue weighted by atomic mass is 32.1. The minimum Gasteiger partial charge on any atom is -0.422 e. The number of amides is 1. The predicted molar refractivity (Wildman–Crippen MR) is 102 cm³/mol. The minimum atomic E-state index is -0.459. The Morgan fingerprint density at radius 1 is 1.12 bits per heavy atom. The molecule has 4 rings (SSSR count). The predicted octanol–water partition coefficient (Wildman–Crippen LogP) is 4.81. The number of carbonyl (C=O) groups excluding carboxylic acids is 1. The van der Waals surface area contributed by atoms with Crippen molar-refractivity contribution in [1.82, 2.24) is 0 Å².